The highest BCUT2D eigenvalue weighted by Gasteiger charge is 2.47. The summed E-state index contributed by atoms with van der Waals surface area (Å²) in [5.74, 6) is 0.997. The van der Waals surface area contributed by atoms with Crippen LogP contribution in [0.15, 0.2) is 0 Å². The zero-order valence-electron chi connectivity index (χ0n) is 16.3. The van der Waals surface area contributed by atoms with Gasteiger partial charge in [0.05, 0.1) is 18.1 Å². The van der Waals surface area contributed by atoms with Crippen LogP contribution in [-0.2, 0) is 14.3 Å². The quantitative estimate of drug-likeness (QED) is 0.766. The molecule has 142 valence electrons. The minimum atomic E-state index is 0.0204. The molecule has 0 radical (unpaired) electrons. The van der Waals surface area contributed by atoms with E-state index in [0.717, 1.165) is 38.8 Å². The van der Waals surface area contributed by atoms with Crippen LogP contribution in [0.4, 0.5) is 0 Å². The number of hydrogen-bond donors (Lipinski definition) is 0. The summed E-state index contributed by atoms with van der Waals surface area (Å²) in [5.41, 5.74) is 0.0544. The summed E-state index contributed by atoms with van der Waals surface area (Å²) in [4.78, 5) is 29.8. The lowest BCUT2D eigenvalue weighted by atomic mass is 9.86. The van der Waals surface area contributed by atoms with Crippen molar-refractivity contribution in [1.29, 1.82) is 0 Å². The molecule has 3 heterocycles. The predicted octanol–water partition coefficient (Wildman–Crippen LogP) is 2.69. The van der Waals surface area contributed by atoms with Crippen molar-refractivity contribution in [2.45, 2.75) is 71.9 Å². The Hall–Kier alpha value is -1.10. The molecule has 3 aliphatic rings. The Labute approximate surface area is 152 Å². The fourth-order valence-corrected chi connectivity index (χ4v) is 4.65. The molecule has 0 aliphatic carbocycles. The van der Waals surface area contributed by atoms with Gasteiger partial charge in [-0.3, -0.25) is 9.59 Å². The summed E-state index contributed by atoms with van der Waals surface area (Å²) in [7, 11) is 0. The maximum Gasteiger partial charge on any atom is 0.228 e. The van der Waals surface area contributed by atoms with Crippen molar-refractivity contribution in [2.24, 2.45) is 17.3 Å². The standard InChI is InChI=1S/C20H34N2O3/c1-5-17-15(8-10-25-17)19(24)21-12-14-7-9-22(16(14)13-21)18(23)11-20(3,4)6-2/h14-17H,5-13H2,1-4H3/t14-,15+,16+,17-/m0/s1. The highest BCUT2D eigenvalue weighted by molar-refractivity contribution is 5.81. The number of hydrogen-bond acceptors (Lipinski definition) is 3. The fraction of sp³-hybridized carbons (Fsp3) is 0.900. The first-order valence-corrected chi connectivity index (χ1v) is 10.1. The van der Waals surface area contributed by atoms with Gasteiger partial charge in [-0.2, -0.15) is 0 Å². The van der Waals surface area contributed by atoms with Crippen LogP contribution in [0, 0.1) is 17.3 Å². The first-order valence-electron chi connectivity index (χ1n) is 10.1. The van der Waals surface area contributed by atoms with E-state index in [9.17, 15) is 9.59 Å². The Balaban J connectivity index is 1.61. The van der Waals surface area contributed by atoms with Crippen LogP contribution >= 0.6 is 0 Å². The molecule has 0 aromatic carbocycles. The maximum atomic E-state index is 12.9. The number of rotatable bonds is 5. The summed E-state index contributed by atoms with van der Waals surface area (Å²) in [6, 6.07) is 0.228. The molecule has 25 heavy (non-hydrogen) atoms. The van der Waals surface area contributed by atoms with Crippen molar-refractivity contribution in [1.82, 2.24) is 9.80 Å². The second-order valence-electron chi connectivity index (χ2n) is 8.85. The van der Waals surface area contributed by atoms with E-state index in [0.29, 0.717) is 25.5 Å². The third-order valence-electron chi connectivity index (χ3n) is 6.70. The van der Waals surface area contributed by atoms with E-state index < -0.39 is 0 Å². The molecular weight excluding hydrogens is 316 g/mol. The summed E-state index contributed by atoms with van der Waals surface area (Å²) in [5, 5.41) is 0. The molecule has 3 aliphatic heterocycles. The molecule has 0 aromatic heterocycles. The van der Waals surface area contributed by atoms with E-state index in [1.165, 1.54) is 0 Å². The Morgan fingerprint density at radius 2 is 1.92 bits per heavy atom. The second-order valence-corrected chi connectivity index (χ2v) is 8.85. The van der Waals surface area contributed by atoms with Gasteiger partial charge in [0.1, 0.15) is 0 Å². The minimum absolute atomic E-state index is 0.0204. The van der Waals surface area contributed by atoms with Crippen LogP contribution in [-0.4, -0.2) is 60.0 Å². The minimum Gasteiger partial charge on any atom is -0.377 e. The smallest absolute Gasteiger partial charge is 0.228 e. The third kappa shape index (κ3) is 3.71. The molecule has 0 spiro atoms. The van der Waals surface area contributed by atoms with Gasteiger partial charge in [-0.1, -0.05) is 34.1 Å². The van der Waals surface area contributed by atoms with Crippen molar-refractivity contribution >= 4 is 11.8 Å². The van der Waals surface area contributed by atoms with E-state index >= 15 is 0 Å². The van der Waals surface area contributed by atoms with Crippen LogP contribution < -0.4 is 0 Å². The molecule has 5 nitrogen and oxygen atoms in total. The molecule has 0 bridgehead atoms. The first kappa shape index (κ1) is 18.7. The van der Waals surface area contributed by atoms with Gasteiger partial charge in [-0.15, -0.1) is 0 Å². The van der Waals surface area contributed by atoms with Gasteiger partial charge in [-0.05, 0) is 24.7 Å². The Morgan fingerprint density at radius 3 is 2.60 bits per heavy atom. The largest absolute Gasteiger partial charge is 0.377 e. The summed E-state index contributed by atoms with van der Waals surface area (Å²) < 4.78 is 5.70. The van der Waals surface area contributed by atoms with E-state index in [4.69, 9.17) is 4.74 Å². The number of nitrogens with zero attached hydrogens (tertiary/aromatic N) is 2. The van der Waals surface area contributed by atoms with E-state index in [2.05, 4.69) is 32.6 Å². The molecule has 4 atom stereocenters. The molecule has 0 saturated carbocycles. The average Bonchev–Trinajstić information content (AvgIpc) is 3.27. The summed E-state index contributed by atoms with van der Waals surface area (Å²) in [6.45, 7) is 11.6. The highest BCUT2D eigenvalue weighted by atomic mass is 16.5. The normalized spacial score (nSPS) is 32.3. The zero-order chi connectivity index (χ0) is 18.2. The number of amides is 2. The Kier molecular flexibility index (Phi) is 5.42. The lowest BCUT2D eigenvalue weighted by Crippen LogP contribution is -2.43. The van der Waals surface area contributed by atoms with E-state index in [-0.39, 0.29) is 35.3 Å². The molecule has 5 heteroatoms. The lowest BCUT2D eigenvalue weighted by molar-refractivity contribution is -0.138. The van der Waals surface area contributed by atoms with Crippen LogP contribution in [0.2, 0.25) is 0 Å². The molecule has 2 amide bonds. The SMILES string of the molecule is CC[C@@H]1OCC[C@H]1C(=O)N1C[C@@H]2CCN(C(=O)CC(C)(C)CC)[C@@H]2C1. The van der Waals surface area contributed by atoms with Crippen molar-refractivity contribution in [2.75, 3.05) is 26.2 Å². The molecule has 3 rings (SSSR count). The first-order chi connectivity index (χ1) is 11.9. The van der Waals surface area contributed by atoms with Crippen molar-refractivity contribution in [3.05, 3.63) is 0 Å². The van der Waals surface area contributed by atoms with E-state index in [1.54, 1.807) is 0 Å². The molecule has 0 aromatic rings. The predicted molar refractivity (Wildman–Crippen MR) is 97.0 cm³/mol. The van der Waals surface area contributed by atoms with Gasteiger partial charge in [0, 0.05) is 38.6 Å². The van der Waals surface area contributed by atoms with Crippen molar-refractivity contribution in [3.8, 4) is 0 Å². The highest BCUT2D eigenvalue weighted by Crippen LogP contribution is 2.36. The van der Waals surface area contributed by atoms with Crippen LogP contribution in [0.5, 0.6) is 0 Å². The van der Waals surface area contributed by atoms with Crippen molar-refractivity contribution in [3.63, 3.8) is 0 Å². The van der Waals surface area contributed by atoms with Gasteiger partial charge in [0.15, 0.2) is 0 Å². The molecular formula is C20H34N2O3. The zero-order valence-corrected chi connectivity index (χ0v) is 16.3. The van der Waals surface area contributed by atoms with E-state index in [1.807, 2.05) is 4.90 Å². The topological polar surface area (TPSA) is 49.9 Å². The van der Waals surface area contributed by atoms with Crippen molar-refractivity contribution < 1.29 is 14.3 Å². The molecule has 3 fully saturated rings. The van der Waals surface area contributed by atoms with Gasteiger partial charge in [-0.25, -0.2) is 0 Å². The monoisotopic (exact) mass is 350 g/mol. The number of carbonyl (C=O) groups is 2. The summed E-state index contributed by atoms with van der Waals surface area (Å²) in [6.07, 6.45) is 4.46. The Bertz CT molecular complexity index is 519. The number of ether oxygens (including phenoxy) is 1. The Morgan fingerprint density at radius 1 is 1.16 bits per heavy atom. The van der Waals surface area contributed by atoms with Gasteiger partial charge >= 0.3 is 0 Å². The van der Waals surface area contributed by atoms with Crippen LogP contribution in [0.1, 0.15) is 59.8 Å². The fourth-order valence-electron chi connectivity index (χ4n) is 4.65. The van der Waals surface area contributed by atoms with Crippen LogP contribution in [0.25, 0.3) is 0 Å². The lowest BCUT2D eigenvalue weighted by Gasteiger charge is -2.30. The molecule has 3 saturated heterocycles. The average molecular weight is 351 g/mol. The van der Waals surface area contributed by atoms with Gasteiger partial charge in [0.2, 0.25) is 11.8 Å². The summed E-state index contributed by atoms with van der Waals surface area (Å²) >= 11 is 0. The van der Waals surface area contributed by atoms with Crippen LogP contribution in [0.3, 0.4) is 0 Å². The molecule has 0 N–H and O–H groups in total. The maximum absolute atomic E-state index is 12.9. The molecule has 0 unspecified atom stereocenters. The number of likely N-dealkylation sites (tertiary alicyclic amines) is 2. The third-order valence-corrected chi connectivity index (χ3v) is 6.70. The second kappa shape index (κ2) is 7.26. The number of carbonyl (C=O) groups excluding carboxylic acids is 2. The van der Waals surface area contributed by atoms with Gasteiger partial charge < -0.3 is 14.5 Å². The van der Waals surface area contributed by atoms with Gasteiger partial charge in [0.25, 0.3) is 0 Å². The number of fused-ring (bicyclic) bond motifs is 1.